The van der Waals surface area contributed by atoms with Crippen LogP contribution in [0.25, 0.3) is 11.0 Å². The molecule has 0 aliphatic carbocycles. The first-order valence-corrected chi connectivity index (χ1v) is 7.06. The van der Waals surface area contributed by atoms with Crippen molar-refractivity contribution in [1.29, 1.82) is 0 Å². The number of hydrogen-bond acceptors (Lipinski definition) is 4. The van der Waals surface area contributed by atoms with Gasteiger partial charge in [0.1, 0.15) is 11.4 Å². The molecule has 104 valence electrons. The molecule has 0 saturated heterocycles. The van der Waals surface area contributed by atoms with Crippen LogP contribution in [0, 0.1) is 0 Å². The second-order valence-corrected chi connectivity index (χ2v) is 5.09. The van der Waals surface area contributed by atoms with E-state index in [1.807, 2.05) is 28.9 Å². The summed E-state index contributed by atoms with van der Waals surface area (Å²) in [6.07, 6.45) is 0. The summed E-state index contributed by atoms with van der Waals surface area (Å²) in [7, 11) is 0. The predicted octanol–water partition coefficient (Wildman–Crippen LogP) is 1.83. The molecular formula is C16H15N5. The molecule has 0 saturated carbocycles. The SMILES string of the molecule is c1cc(Cn2nnc3ccccc32)cc(C2=NCCN2)c1. The van der Waals surface area contributed by atoms with E-state index in [-0.39, 0.29) is 0 Å². The second kappa shape index (κ2) is 5.01. The lowest BCUT2D eigenvalue weighted by Gasteiger charge is -2.06. The Hall–Kier alpha value is -2.69. The standard InChI is InChI=1S/C16H15N5/c1-2-7-15-14(6-1)19-20-21(15)11-12-4-3-5-13(10-12)16-17-8-9-18-16/h1-7,10H,8-9,11H2,(H,17,18). The molecule has 1 aliphatic rings. The monoisotopic (exact) mass is 277 g/mol. The minimum Gasteiger partial charge on any atom is -0.368 e. The van der Waals surface area contributed by atoms with Gasteiger partial charge >= 0.3 is 0 Å². The van der Waals surface area contributed by atoms with Crippen LogP contribution in [0.2, 0.25) is 0 Å². The van der Waals surface area contributed by atoms with E-state index in [0.717, 1.165) is 35.5 Å². The number of amidine groups is 1. The maximum Gasteiger partial charge on any atom is 0.128 e. The number of hydrogen-bond donors (Lipinski definition) is 1. The van der Waals surface area contributed by atoms with Crippen LogP contribution < -0.4 is 5.32 Å². The third-order valence-corrected chi connectivity index (χ3v) is 3.63. The van der Waals surface area contributed by atoms with Crippen LogP contribution in [-0.4, -0.2) is 33.9 Å². The van der Waals surface area contributed by atoms with Gasteiger partial charge in [0, 0.05) is 12.1 Å². The molecule has 0 spiro atoms. The Labute approximate surface area is 122 Å². The Bertz CT molecular complexity index is 818. The molecule has 0 amide bonds. The Morgan fingerprint density at radius 3 is 2.95 bits per heavy atom. The van der Waals surface area contributed by atoms with Crippen LogP contribution in [0.5, 0.6) is 0 Å². The number of nitrogens with zero attached hydrogens (tertiary/aromatic N) is 4. The second-order valence-electron chi connectivity index (χ2n) is 5.09. The average molecular weight is 277 g/mol. The van der Waals surface area contributed by atoms with E-state index in [0.29, 0.717) is 6.54 Å². The van der Waals surface area contributed by atoms with Gasteiger partial charge in [-0.15, -0.1) is 5.10 Å². The molecule has 2 heterocycles. The normalized spacial score (nSPS) is 14.2. The summed E-state index contributed by atoms with van der Waals surface area (Å²) in [6.45, 7) is 2.49. The molecule has 0 radical (unpaired) electrons. The van der Waals surface area contributed by atoms with E-state index in [2.05, 4.69) is 44.9 Å². The number of para-hydroxylation sites is 1. The van der Waals surface area contributed by atoms with Crippen LogP contribution in [-0.2, 0) is 6.54 Å². The summed E-state index contributed by atoms with van der Waals surface area (Å²) in [6, 6.07) is 16.4. The van der Waals surface area contributed by atoms with Crippen LogP contribution in [0.1, 0.15) is 11.1 Å². The Morgan fingerprint density at radius 2 is 2.05 bits per heavy atom. The van der Waals surface area contributed by atoms with E-state index in [9.17, 15) is 0 Å². The quantitative estimate of drug-likeness (QED) is 0.794. The van der Waals surface area contributed by atoms with Crippen LogP contribution in [0.15, 0.2) is 53.5 Å². The van der Waals surface area contributed by atoms with Crippen LogP contribution >= 0.6 is 0 Å². The molecule has 5 heteroatoms. The van der Waals surface area contributed by atoms with Crippen molar-refractivity contribution in [2.45, 2.75) is 6.54 Å². The molecule has 0 fully saturated rings. The molecule has 2 aromatic carbocycles. The van der Waals surface area contributed by atoms with Crippen molar-refractivity contribution >= 4 is 16.9 Å². The van der Waals surface area contributed by atoms with Gasteiger partial charge in [-0.3, -0.25) is 4.99 Å². The lowest BCUT2D eigenvalue weighted by Crippen LogP contribution is -2.19. The van der Waals surface area contributed by atoms with Gasteiger partial charge in [-0.25, -0.2) is 4.68 Å². The van der Waals surface area contributed by atoms with Crippen molar-refractivity contribution in [2.75, 3.05) is 13.1 Å². The summed E-state index contributed by atoms with van der Waals surface area (Å²) in [4.78, 5) is 4.46. The highest BCUT2D eigenvalue weighted by atomic mass is 15.4. The van der Waals surface area contributed by atoms with E-state index in [1.54, 1.807) is 0 Å². The number of nitrogens with one attached hydrogen (secondary N) is 1. The lowest BCUT2D eigenvalue weighted by molar-refractivity contribution is 0.669. The first kappa shape index (κ1) is 12.1. The zero-order chi connectivity index (χ0) is 14.1. The van der Waals surface area contributed by atoms with Crippen molar-refractivity contribution in [3.63, 3.8) is 0 Å². The fraction of sp³-hybridized carbons (Fsp3) is 0.188. The van der Waals surface area contributed by atoms with Crippen molar-refractivity contribution in [1.82, 2.24) is 20.3 Å². The summed E-state index contributed by atoms with van der Waals surface area (Å²) < 4.78 is 1.93. The van der Waals surface area contributed by atoms with Crippen molar-refractivity contribution < 1.29 is 0 Å². The molecule has 5 nitrogen and oxygen atoms in total. The van der Waals surface area contributed by atoms with E-state index >= 15 is 0 Å². The number of fused-ring (bicyclic) bond motifs is 1. The fourth-order valence-electron chi connectivity index (χ4n) is 2.62. The predicted molar refractivity (Wildman–Crippen MR) is 82.5 cm³/mol. The summed E-state index contributed by atoms with van der Waals surface area (Å²) in [5.41, 5.74) is 4.31. The van der Waals surface area contributed by atoms with Gasteiger partial charge in [-0.2, -0.15) is 0 Å². The lowest BCUT2D eigenvalue weighted by atomic mass is 10.1. The minimum atomic E-state index is 0.710. The molecule has 0 atom stereocenters. The van der Waals surface area contributed by atoms with Gasteiger partial charge in [-0.1, -0.05) is 35.5 Å². The highest BCUT2D eigenvalue weighted by Gasteiger charge is 2.09. The molecule has 1 aromatic heterocycles. The van der Waals surface area contributed by atoms with Gasteiger partial charge in [0.05, 0.1) is 18.6 Å². The van der Waals surface area contributed by atoms with Crippen molar-refractivity contribution in [3.05, 3.63) is 59.7 Å². The maximum atomic E-state index is 4.46. The molecule has 4 rings (SSSR count). The number of rotatable bonds is 3. The van der Waals surface area contributed by atoms with Gasteiger partial charge in [0.25, 0.3) is 0 Å². The van der Waals surface area contributed by atoms with E-state index < -0.39 is 0 Å². The zero-order valence-electron chi connectivity index (χ0n) is 11.5. The van der Waals surface area contributed by atoms with Crippen LogP contribution in [0.4, 0.5) is 0 Å². The molecule has 1 aliphatic heterocycles. The maximum absolute atomic E-state index is 4.46. The Balaban J connectivity index is 1.66. The minimum absolute atomic E-state index is 0.710. The third-order valence-electron chi connectivity index (χ3n) is 3.63. The average Bonchev–Trinajstić information content (AvgIpc) is 3.18. The Kier molecular flexibility index (Phi) is 2.88. The molecule has 3 aromatic rings. The summed E-state index contributed by atoms with van der Waals surface area (Å²) >= 11 is 0. The van der Waals surface area contributed by atoms with Crippen molar-refractivity contribution in [3.8, 4) is 0 Å². The van der Waals surface area contributed by atoms with Gasteiger partial charge in [0.15, 0.2) is 0 Å². The van der Waals surface area contributed by atoms with Gasteiger partial charge in [0.2, 0.25) is 0 Å². The highest BCUT2D eigenvalue weighted by molar-refractivity contribution is 5.99. The van der Waals surface area contributed by atoms with Crippen molar-refractivity contribution in [2.24, 2.45) is 4.99 Å². The summed E-state index contributed by atoms with van der Waals surface area (Å²) in [5, 5.41) is 11.7. The number of benzene rings is 2. The molecular weight excluding hydrogens is 262 g/mol. The third kappa shape index (κ3) is 2.27. The van der Waals surface area contributed by atoms with E-state index in [4.69, 9.17) is 0 Å². The van der Waals surface area contributed by atoms with E-state index in [1.165, 1.54) is 5.56 Å². The highest BCUT2D eigenvalue weighted by Crippen LogP contribution is 2.13. The first-order chi connectivity index (χ1) is 10.4. The first-order valence-electron chi connectivity index (χ1n) is 7.06. The fourth-order valence-corrected chi connectivity index (χ4v) is 2.62. The largest absolute Gasteiger partial charge is 0.368 e. The molecule has 21 heavy (non-hydrogen) atoms. The smallest absolute Gasteiger partial charge is 0.128 e. The topological polar surface area (TPSA) is 55.1 Å². The van der Waals surface area contributed by atoms with Gasteiger partial charge in [-0.05, 0) is 23.8 Å². The van der Waals surface area contributed by atoms with Gasteiger partial charge < -0.3 is 5.32 Å². The molecule has 1 N–H and O–H groups in total. The Morgan fingerprint density at radius 1 is 1.10 bits per heavy atom. The summed E-state index contributed by atoms with van der Waals surface area (Å²) in [5.74, 6) is 0.986. The number of aliphatic imine (C=N–C) groups is 1. The molecule has 0 unspecified atom stereocenters. The zero-order valence-corrected chi connectivity index (χ0v) is 11.5. The number of aromatic nitrogens is 3. The van der Waals surface area contributed by atoms with Crippen LogP contribution in [0.3, 0.4) is 0 Å². The molecule has 0 bridgehead atoms.